The van der Waals surface area contributed by atoms with Gasteiger partial charge in [-0.25, -0.2) is 0 Å². The number of halogens is 2. The number of aryl methyl sites for hydroxylation is 3. The van der Waals surface area contributed by atoms with Crippen LogP contribution in [0.4, 0.5) is 0 Å². The fraction of sp³-hybridized carbons (Fsp3) is 0.400. The van der Waals surface area contributed by atoms with Crippen LogP contribution < -0.4 is 0 Å². The quantitative estimate of drug-likeness (QED) is 0.264. The van der Waals surface area contributed by atoms with Crippen LogP contribution in [0.1, 0.15) is 65.2 Å². The highest BCUT2D eigenvalue weighted by Gasteiger charge is 2.25. The molecule has 168 valence electrons. The Morgan fingerprint density at radius 2 is 1.72 bits per heavy atom. The highest BCUT2D eigenvalue weighted by molar-refractivity contribution is 7.99. The molecule has 2 aromatic carbocycles. The van der Waals surface area contributed by atoms with Crippen LogP contribution in [0.2, 0.25) is 10.0 Å². The van der Waals surface area contributed by atoms with Crippen molar-refractivity contribution in [3.8, 4) is 11.4 Å². The summed E-state index contributed by atoms with van der Waals surface area (Å²) in [6, 6.07) is 9.84. The predicted molar refractivity (Wildman–Crippen MR) is 133 cm³/mol. The number of aromatic nitrogens is 3. The third-order valence-electron chi connectivity index (χ3n) is 6.25. The van der Waals surface area contributed by atoms with Gasteiger partial charge in [0.15, 0.2) is 16.8 Å². The second-order valence-corrected chi connectivity index (χ2v) is 10.3. The first-order chi connectivity index (χ1) is 15.3. The zero-order valence-corrected chi connectivity index (χ0v) is 20.9. The minimum Gasteiger partial charge on any atom is -0.299 e. The molecule has 0 amide bonds. The van der Waals surface area contributed by atoms with Gasteiger partial charge >= 0.3 is 0 Å². The number of hydrogen-bond donors (Lipinski definition) is 0. The zero-order chi connectivity index (χ0) is 22.8. The monoisotopic (exact) mass is 487 g/mol. The molecule has 0 spiro atoms. The SMILES string of the molecule is Cc1cc(C)c(C(=O)CSc2nnc(-c3ccc(Cl)cc3Cl)n2C2CCCCC2)cc1C. The third kappa shape index (κ3) is 4.90. The number of thioether (sulfide) groups is 1. The molecule has 4 nitrogen and oxygen atoms in total. The second-order valence-electron chi connectivity index (χ2n) is 8.56. The number of nitrogens with zero attached hydrogens (tertiary/aromatic N) is 3. The Kier molecular flexibility index (Phi) is 7.28. The smallest absolute Gasteiger partial charge is 0.192 e. The van der Waals surface area contributed by atoms with E-state index in [4.69, 9.17) is 23.2 Å². The molecule has 1 aromatic heterocycles. The van der Waals surface area contributed by atoms with Crippen molar-refractivity contribution < 1.29 is 4.79 Å². The van der Waals surface area contributed by atoms with Gasteiger partial charge in [0.1, 0.15) is 0 Å². The summed E-state index contributed by atoms with van der Waals surface area (Å²) in [6.45, 7) is 6.11. The summed E-state index contributed by atoms with van der Waals surface area (Å²) in [7, 11) is 0. The van der Waals surface area contributed by atoms with E-state index in [1.54, 1.807) is 6.07 Å². The van der Waals surface area contributed by atoms with E-state index in [1.807, 2.05) is 32.0 Å². The van der Waals surface area contributed by atoms with Crippen molar-refractivity contribution in [2.75, 3.05) is 5.75 Å². The summed E-state index contributed by atoms with van der Waals surface area (Å²) in [5, 5.41) is 10.9. The molecular weight excluding hydrogens is 461 g/mol. The van der Waals surface area contributed by atoms with E-state index < -0.39 is 0 Å². The van der Waals surface area contributed by atoms with Crippen LogP contribution in [0.25, 0.3) is 11.4 Å². The van der Waals surface area contributed by atoms with E-state index in [1.165, 1.54) is 36.6 Å². The molecule has 0 atom stereocenters. The Hall–Kier alpha value is -1.82. The highest BCUT2D eigenvalue weighted by atomic mass is 35.5. The molecule has 4 rings (SSSR count). The molecule has 1 aliphatic rings. The first-order valence-electron chi connectivity index (χ1n) is 11.0. The van der Waals surface area contributed by atoms with Gasteiger partial charge in [-0.1, -0.05) is 60.3 Å². The predicted octanol–water partition coefficient (Wildman–Crippen LogP) is 7.66. The average Bonchev–Trinajstić information content (AvgIpc) is 3.19. The van der Waals surface area contributed by atoms with Crippen molar-refractivity contribution in [3.05, 3.63) is 62.6 Å². The Balaban J connectivity index is 1.64. The maximum absolute atomic E-state index is 13.0. The van der Waals surface area contributed by atoms with Gasteiger partial charge < -0.3 is 0 Å². The number of rotatable bonds is 6. The minimum absolute atomic E-state index is 0.111. The minimum atomic E-state index is 0.111. The normalized spacial score (nSPS) is 14.7. The van der Waals surface area contributed by atoms with Gasteiger partial charge in [0.05, 0.1) is 10.8 Å². The molecule has 0 aliphatic heterocycles. The molecule has 7 heteroatoms. The number of carbonyl (C=O) groups is 1. The first kappa shape index (κ1) is 23.3. The lowest BCUT2D eigenvalue weighted by Crippen LogP contribution is -2.16. The largest absolute Gasteiger partial charge is 0.299 e. The summed E-state index contributed by atoms with van der Waals surface area (Å²) in [6.07, 6.45) is 5.77. The van der Waals surface area contributed by atoms with Crippen molar-refractivity contribution in [2.24, 2.45) is 0 Å². The molecule has 1 fully saturated rings. The molecule has 0 bridgehead atoms. The number of hydrogen-bond acceptors (Lipinski definition) is 4. The van der Waals surface area contributed by atoms with Gasteiger partial charge in [-0.2, -0.15) is 0 Å². The van der Waals surface area contributed by atoms with Crippen LogP contribution in [-0.4, -0.2) is 26.3 Å². The molecule has 3 aromatic rings. The summed E-state index contributed by atoms with van der Waals surface area (Å²) in [4.78, 5) is 13.0. The van der Waals surface area contributed by atoms with Crippen LogP contribution in [0.5, 0.6) is 0 Å². The maximum Gasteiger partial charge on any atom is 0.192 e. The maximum atomic E-state index is 13.0. The lowest BCUT2D eigenvalue weighted by atomic mass is 9.95. The van der Waals surface area contributed by atoms with Crippen LogP contribution in [0.15, 0.2) is 35.5 Å². The van der Waals surface area contributed by atoms with Crippen LogP contribution in [0, 0.1) is 20.8 Å². The van der Waals surface area contributed by atoms with Crippen molar-refractivity contribution >= 4 is 40.7 Å². The van der Waals surface area contributed by atoms with E-state index >= 15 is 0 Å². The Bertz CT molecular complexity index is 1150. The summed E-state index contributed by atoms with van der Waals surface area (Å²) in [5.41, 5.74) is 4.95. The fourth-order valence-corrected chi connectivity index (χ4v) is 5.75. The Labute approximate surface area is 203 Å². The van der Waals surface area contributed by atoms with Crippen LogP contribution in [-0.2, 0) is 0 Å². The van der Waals surface area contributed by atoms with Gasteiger partial charge in [0.25, 0.3) is 0 Å². The standard InChI is InChI=1S/C25H27Cl2N3OS/c1-15-11-17(3)21(12-16(15)2)23(31)14-32-25-29-28-24(20-10-9-18(26)13-22(20)27)30(25)19-7-5-4-6-8-19/h9-13,19H,4-8,14H2,1-3H3. The van der Waals surface area contributed by atoms with Crippen molar-refractivity contribution in [2.45, 2.75) is 64.1 Å². The summed E-state index contributed by atoms with van der Waals surface area (Å²) in [5.74, 6) is 1.18. The molecule has 0 saturated heterocycles. The van der Waals surface area contributed by atoms with E-state index in [2.05, 4.69) is 27.8 Å². The molecule has 0 N–H and O–H groups in total. The molecule has 0 unspecified atom stereocenters. The van der Waals surface area contributed by atoms with Gasteiger partial charge in [-0.3, -0.25) is 9.36 Å². The average molecular weight is 488 g/mol. The van der Waals surface area contributed by atoms with Gasteiger partial charge in [0.2, 0.25) is 0 Å². The number of ketones is 1. The fourth-order valence-electron chi connectivity index (χ4n) is 4.37. The number of Topliss-reactive ketones (excluding diaryl/α,β-unsaturated/α-hetero) is 1. The molecular formula is C25H27Cl2N3OS. The van der Waals surface area contributed by atoms with Gasteiger partial charge in [0, 0.05) is 22.2 Å². The molecule has 32 heavy (non-hydrogen) atoms. The van der Waals surface area contributed by atoms with Crippen LogP contribution >= 0.6 is 35.0 Å². The highest BCUT2D eigenvalue weighted by Crippen LogP contribution is 2.38. The lowest BCUT2D eigenvalue weighted by molar-refractivity contribution is 0.102. The van der Waals surface area contributed by atoms with E-state index in [9.17, 15) is 4.79 Å². The lowest BCUT2D eigenvalue weighted by Gasteiger charge is -2.25. The van der Waals surface area contributed by atoms with Gasteiger partial charge in [-0.05, 0) is 74.6 Å². The van der Waals surface area contributed by atoms with Crippen molar-refractivity contribution in [1.29, 1.82) is 0 Å². The van der Waals surface area contributed by atoms with E-state index in [0.29, 0.717) is 21.8 Å². The van der Waals surface area contributed by atoms with E-state index in [0.717, 1.165) is 46.1 Å². The van der Waals surface area contributed by atoms with Crippen molar-refractivity contribution in [1.82, 2.24) is 14.8 Å². The summed E-state index contributed by atoms with van der Waals surface area (Å²) >= 11 is 14.1. The van der Waals surface area contributed by atoms with E-state index in [-0.39, 0.29) is 5.78 Å². The molecule has 1 saturated carbocycles. The summed E-state index contributed by atoms with van der Waals surface area (Å²) < 4.78 is 2.19. The van der Waals surface area contributed by atoms with Crippen LogP contribution in [0.3, 0.4) is 0 Å². The first-order valence-corrected chi connectivity index (χ1v) is 12.7. The van der Waals surface area contributed by atoms with Gasteiger partial charge in [-0.15, -0.1) is 10.2 Å². The topological polar surface area (TPSA) is 47.8 Å². The number of benzene rings is 2. The number of carbonyl (C=O) groups excluding carboxylic acids is 1. The second kappa shape index (κ2) is 9.98. The van der Waals surface area contributed by atoms with Crippen molar-refractivity contribution in [3.63, 3.8) is 0 Å². The zero-order valence-electron chi connectivity index (χ0n) is 18.6. The molecule has 1 aliphatic carbocycles. The molecule has 1 heterocycles. The Morgan fingerprint density at radius 3 is 2.44 bits per heavy atom. The molecule has 0 radical (unpaired) electrons. The Morgan fingerprint density at radius 1 is 1.00 bits per heavy atom. The third-order valence-corrected chi connectivity index (χ3v) is 7.74.